The first-order valence-corrected chi connectivity index (χ1v) is 20.0. The molecule has 0 saturated carbocycles. The van der Waals surface area contributed by atoms with Gasteiger partial charge in [-0.3, -0.25) is 0 Å². The third-order valence-corrected chi connectivity index (χ3v) is 12.5. The van der Waals surface area contributed by atoms with Crippen molar-refractivity contribution in [3.63, 3.8) is 0 Å². The lowest BCUT2D eigenvalue weighted by molar-refractivity contribution is 0.329. The van der Waals surface area contributed by atoms with Crippen LogP contribution < -0.4 is 0 Å². The fourth-order valence-electron chi connectivity index (χ4n) is 9.25. The van der Waals surface area contributed by atoms with Crippen molar-refractivity contribution < 1.29 is 117 Å². The molecule has 360 valence electrons. The molecule has 22 N–H and O–H groups in total. The van der Waals surface area contributed by atoms with Gasteiger partial charge < -0.3 is 117 Å². The SMILES string of the molecule is Oc1c(O)c(O)c(-c2c(O)c(O)c(-c3c(O)c(O)c(-c4c5ccccc5c(-c5c(O)c(O)c6c(oc7c(O)c8c(O)c(O)c(O)c(O)c8c(O)c76)c5O)c5ccccc45)c(O)c3O)c(O)c2O)c(O)c1O. The zero-order valence-corrected chi connectivity index (χ0v) is 34.9. The normalized spacial score (nSPS) is 11.8. The summed E-state index contributed by atoms with van der Waals surface area (Å²) in [4.78, 5) is 0. The monoisotopic (exact) mass is 974 g/mol. The van der Waals surface area contributed by atoms with Gasteiger partial charge in [0.15, 0.2) is 103 Å². The van der Waals surface area contributed by atoms with E-state index in [2.05, 4.69) is 0 Å². The number of hydrogen-bond donors (Lipinski definition) is 22. The maximum atomic E-state index is 12.1. The quantitative estimate of drug-likeness (QED) is 0.0469. The van der Waals surface area contributed by atoms with Crippen LogP contribution in [-0.2, 0) is 0 Å². The van der Waals surface area contributed by atoms with E-state index in [-0.39, 0.29) is 32.7 Å². The molecule has 0 aliphatic heterocycles. The molecule has 0 radical (unpaired) electrons. The maximum Gasteiger partial charge on any atom is 0.208 e. The van der Waals surface area contributed by atoms with E-state index in [0.29, 0.717) is 0 Å². The lowest BCUT2D eigenvalue weighted by Gasteiger charge is -2.22. The molecule has 23 nitrogen and oxygen atoms in total. The topological polar surface area (TPSA) is 458 Å². The van der Waals surface area contributed by atoms with Crippen molar-refractivity contribution in [3.8, 4) is 171 Å². The average Bonchev–Trinajstić information content (AvgIpc) is 3.77. The maximum absolute atomic E-state index is 12.1. The highest BCUT2D eigenvalue weighted by molar-refractivity contribution is 6.28. The highest BCUT2D eigenvalue weighted by atomic mass is 16.4. The number of phenolic OH excluding ortho intramolecular Hbond substituents is 22. The van der Waals surface area contributed by atoms with Gasteiger partial charge >= 0.3 is 0 Å². The minimum atomic E-state index is -1.60. The van der Waals surface area contributed by atoms with Crippen LogP contribution >= 0.6 is 0 Å². The lowest BCUT2D eigenvalue weighted by Crippen LogP contribution is -1.95. The van der Waals surface area contributed by atoms with Crippen LogP contribution in [0.15, 0.2) is 52.9 Å². The van der Waals surface area contributed by atoms with Gasteiger partial charge in [0.25, 0.3) is 0 Å². The van der Waals surface area contributed by atoms with E-state index in [1.54, 1.807) is 0 Å². The zero-order chi connectivity index (χ0) is 51.5. The largest absolute Gasteiger partial charge is 0.506 e. The molecule has 23 heteroatoms. The van der Waals surface area contributed by atoms with E-state index in [4.69, 9.17) is 4.42 Å². The molecule has 0 unspecified atom stereocenters. The van der Waals surface area contributed by atoms with E-state index >= 15 is 0 Å². The lowest BCUT2D eigenvalue weighted by atomic mass is 9.83. The van der Waals surface area contributed by atoms with Crippen molar-refractivity contribution >= 4 is 54.3 Å². The Morgan fingerprint density at radius 1 is 0.183 bits per heavy atom. The first-order valence-electron chi connectivity index (χ1n) is 20.0. The number of aromatic hydroxyl groups is 22. The minimum Gasteiger partial charge on any atom is -0.506 e. The molecule has 0 bridgehead atoms. The van der Waals surface area contributed by atoms with Crippen molar-refractivity contribution in [2.45, 2.75) is 0 Å². The Bertz CT molecular complexity index is 3990. The van der Waals surface area contributed by atoms with Gasteiger partial charge in [0.2, 0.25) is 28.7 Å². The number of phenols is 22. The Hall–Kier alpha value is -10.8. The van der Waals surface area contributed by atoms with Gasteiger partial charge in [0, 0.05) is 11.1 Å². The van der Waals surface area contributed by atoms with E-state index in [9.17, 15) is 112 Å². The van der Waals surface area contributed by atoms with Crippen LogP contribution in [0.4, 0.5) is 0 Å². The van der Waals surface area contributed by atoms with Crippen LogP contribution in [0.5, 0.6) is 126 Å². The summed E-state index contributed by atoms with van der Waals surface area (Å²) in [7, 11) is 0. The van der Waals surface area contributed by atoms with Gasteiger partial charge in [-0.1, -0.05) is 48.5 Å². The highest BCUT2D eigenvalue weighted by Crippen LogP contribution is 2.67. The van der Waals surface area contributed by atoms with E-state index in [0.717, 1.165) is 0 Å². The molecule has 1 aromatic heterocycles. The number of furan rings is 1. The van der Waals surface area contributed by atoms with Gasteiger partial charge in [0.1, 0.15) is 5.75 Å². The molecule has 0 fully saturated rings. The number of benzene rings is 9. The summed E-state index contributed by atoms with van der Waals surface area (Å²) in [5.74, 6) is -29.9. The summed E-state index contributed by atoms with van der Waals surface area (Å²) >= 11 is 0. The fourth-order valence-corrected chi connectivity index (χ4v) is 9.25. The van der Waals surface area contributed by atoms with Crippen LogP contribution in [0.25, 0.3) is 98.8 Å². The van der Waals surface area contributed by atoms with Gasteiger partial charge in [-0.05, 0) is 21.5 Å². The zero-order valence-electron chi connectivity index (χ0n) is 34.9. The van der Waals surface area contributed by atoms with Crippen molar-refractivity contribution in [2.75, 3.05) is 0 Å². The first-order chi connectivity index (χ1) is 33.5. The van der Waals surface area contributed by atoms with Crippen LogP contribution in [0.1, 0.15) is 0 Å². The minimum absolute atomic E-state index is 0.000669. The number of rotatable bonds is 4. The summed E-state index contributed by atoms with van der Waals surface area (Å²) in [5.41, 5.74) is -8.38. The third-order valence-electron chi connectivity index (χ3n) is 12.5. The van der Waals surface area contributed by atoms with Gasteiger partial charge in [-0.15, -0.1) is 0 Å². The Kier molecular flexibility index (Phi) is 8.89. The van der Waals surface area contributed by atoms with Crippen molar-refractivity contribution in [3.05, 3.63) is 48.5 Å². The van der Waals surface area contributed by atoms with Crippen molar-refractivity contribution in [2.24, 2.45) is 0 Å². The van der Waals surface area contributed by atoms with Crippen molar-refractivity contribution in [1.82, 2.24) is 0 Å². The van der Waals surface area contributed by atoms with E-state index < -0.39 is 193 Å². The predicted molar refractivity (Wildman–Crippen MR) is 245 cm³/mol. The fraction of sp³-hybridized carbons (Fsp3) is 0. The molecule has 0 atom stereocenters. The Morgan fingerprint density at radius 2 is 0.394 bits per heavy atom. The summed E-state index contributed by atoms with van der Waals surface area (Å²) < 4.78 is 5.77. The van der Waals surface area contributed by atoms with Gasteiger partial charge in [0.05, 0.1) is 54.9 Å². The van der Waals surface area contributed by atoms with Crippen molar-refractivity contribution in [1.29, 1.82) is 0 Å². The summed E-state index contributed by atoms with van der Waals surface area (Å²) in [6.07, 6.45) is 0. The molecule has 71 heavy (non-hydrogen) atoms. The second-order valence-electron chi connectivity index (χ2n) is 16.0. The molecule has 1 heterocycles. The molecule has 0 saturated heterocycles. The smallest absolute Gasteiger partial charge is 0.208 e. The molecule has 10 aromatic rings. The second kappa shape index (κ2) is 14.3. The Balaban J connectivity index is 1.25. The first kappa shape index (κ1) is 44.0. The van der Waals surface area contributed by atoms with Crippen LogP contribution in [0, 0.1) is 0 Å². The van der Waals surface area contributed by atoms with Crippen LogP contribution in [-0.4, -0.2) is 112 Å². The summed E-state index contributed by atoms with van der Waals surface area (Å²) in [5, 5.41) is 239. The molecule has 0 aliphatic carbocycles. The highest BCUT2D eigenvalue weighted by Gasteiger charge is 2.38. The van der Waals surface area contributed by atoms with Crippen LogP contribution in [0.2, 0.25) is 0 Å². The number of fused-ring (bicyclic) bond motifs is 6. The molecular weight excluding hydrogens is 945 g/mol. The standard InChI is InChI=1S/C48H30O23/c49-25-17-22(38(62)43(67)42(66)35(17)59)41(65)47-23(25)24-39(63)28(52)16(40(64)48(24)71-47)14-11-7-3-1-5-9(11)13(10-6-2-4-8-12(10)14)15-26(50)29(53)18(30(54)27(15)51)19-31(55)33(57)20(34(58)32(19)56)21-36(60)44(68)46(70)45(69)37(21)61/h1-8,49-70H. The third kappa shape index (κ3) is 5.29. The van der Waals surface area contributed by atoms with Crippen LogP contribution in [0.3, 0.4) is 0 Å². The molecule has 0 amide bonds. The number of hydrogen-bond acceptors (Lipinski definition) is 23. The molecular formula is C48H30O23. The molecule has 0 aliphatic rings. The second-order valence-corrected chi connectivity index (χ2v) is 16.0. The molecule has 9 aromatic carbocycles. The Labute approximate surface area is 389 Å². The van der Waals surface area contributed by atoms with Gasteiger partial charge in [-0.2, -0.15) is 0 Å². The van der Waals surface area contributed by atoms with E-state index in [1.807, 2.05) is 0 Å². The summed E-state index contributed by atoms with van der Waals surface area (Å²) in [6.45, 7) is 0. The van der Waals surface area contributed by atoms with E-state index in [1.165, 1.54) is 48.5 Å². The summed E-state index contributed by atoms with van der Waals surface area (Å²) in [6, 6.07) is 11.3. The molecule has 10 rings (SSSR count). The average molecular weight is 975 g/mol. The Morgan fingerprint density at radius 3 is 0.746 bits per heavy atom. The van der Waals surface area contributed by atoms with Gasteiger partial charge in [-0.25, -0.2) is 0 Å². The molecule has 0 spiro atoms. The predicted octanol–water partition coefficient (Wildman–Crippen LogP) is 7.24.